The van der Waals surface area contributed by atoms with E-state index >= 15 is 0 Å². The summed E-state index contributed by atoms with van der Waals surface area (Å²) >= 11 is 1.46. The molecule has 1 fully saturated rings. The Bertz CT molecular complexity index is 896. The highest BCUT2D eigenvalue weighted by Gasteiger charge is 2.28. The standard InChI is InChI=1S/C22H26N4O2S/c1-25-10-12-26(13-11-25)18-8-4-2-6-16(18)15-23-21(27)14-20-22(28)24-17-7-3-5-9-19(17)29-20/h2-9,20H,10-15H2,1H3,(H,23,27)(H,24,28). The maximum absolute atomic E-state index is 12.5. The fourth-order valence-electron chi connectivity index (χ4n) is 3.68. The Hall–Kier alpha value is -2.51. The molecule has 0 bridgehead atoms. The number of nitrogens with one attached hydrogen (secondary N) is 2. The van der Waals surface area contributed by atoms with Crippen LogP contribution in [0.25, 0.3) is 0 Å². The largest absolute Gasteiger partial charge is 0.369 e. The van der Waals surface area contributed by atoms with E-state index in [1.54, 1.807) is 0 Å². The Morgan fingerprint density at radius 2 is 1.83 bits per heavy atom. The molecule has 2 aromatic rings. The summed E-state index contributed by atoms with van der Waals surface area (Å²) < 4.78 is 0. The summed E-state index contributed by atoms with van der Waals surface area (Å²) in [5.74, 6) is -0.216. The molecule has 0 radical (unpaired) electrons. The van der Waals surface area contributed by atoms with Crippen LogP contribution < -0.4 is 15.5 Å². The van der Waals surface area contributed by atoms with Crippen LogP contribution in [0.5, 0.6) is 0 Å². The summed E-state index contributed by atoms with van der Waals surface area (Å²) in [5.41, 5.74) is 3.11. The van der Waals surface area contributed by atoms with Gasteiger partial charge in [-0.15, -0.1) is 11.8 Å². The van der Waals surface area contributed by atoms with Crippen LogP contribution in [0.2, 0.25) is 0 Å². The number of para-hydroxylation sites is 2. The van der Waals surface area contributed by atoms with Gasteiger partial charge in [0.2, 0.25) is 11.8 Å². The number of fused-ring (bicyclic) bond motifs is 1. The fourth-order valence-corrected chi connectivity index (χ4v) is 4.79. The highest BCUT2D eigenvalue weighted by molar-refractivity contribution is 8.01. The average Bonchev–Trinajstić information content (AvgIpc) is 2.74. The summed E-state index contributed by atoms with van der Waals surface area (Å²) in [6.07, 6.45) is 0.168. The zero-order valence-electron chi connectivity index (χ0n) is 16.6. The van der Waals surface area contributed by atoms with E-state index in [1.807, 2.05) is 36.4 Å². The molecule has 2 amide bonds. The summed E-state index contributed by atoms with van der Waals surface area (Å²) in [5, 5.41) is 5.50. The van der Waals surface area contributed by atoms with Crippen LogP contribution in [0.15, 0.2) is 53.4 Å². The second-order valence-electron chi connectivity index (χ2n) is 7.49. The molecule has 2 N–H and O–H groups in total. The van der Waals surface area contributed by atoms with Crippen molar-refractivity contribution in [1.82, 2.24) is 10.2 Å². The monoisotopic (exact) mass is 410 g/mol. The highest BCUT2D eigenvalue weighted by Crippen LogP contribution is 2.36. The first-order chi connectivity index (χ1) is 14.1. The van der Waals surface area contributed by atoms with Gasteiger partial charge in [0, 0.05) is 49.7 Å². The van der Waals surface area contributed by atoms with Crippen molar-refractivity contribution < 1.29 is 9.59 Å². The molecule has 2 aromatic carbocycles. The topological polar surface area (TPSA) is 64.7 Å². The van der Waals surface area contributed by atoms with Gasteiger partial charge >= 0.3 is 0 Å². The Kier molecular flexibility index (Phi) is 6.06. The molecule has 0 aliphatic carbocycles. The molecule has 6 nitrogen and oxygen atoms in total. The minimum absolute atomic E-state index is 0.106. The van der Waals surface area contributed by atoms with Gasteiger partial charge < -0.3 is 20.4 Å². The predicted octanol–water partition coefficient (Wildman–Crippen LogP) is 2.56. The van der Waals surface area contributed by atoms with Crippen molar-refractivity contribution in [3.63, 3.8) is 0 Å². The Balaban J connectivity index is 1.35. The van der Waals surface area contributed by atoms with Gasteiger partial charge in [0.05, 0.1) is 10.9 Å². The zero-order valence-corrected chi connectivity index (χ0v) is 17.4. The van der Waals surface area contributed by atoms with Crippen molar-refractivity contribution in [1.29, 1.82) is 0 Å². The third-order valence-corrected chi connectivity index (χ3v) is 6.66. The molecule has 4 rings (SSSR count). The molecule has 1 unspecified atom stereocenters. The number of nitrogens with zero attached hydrogens (tertiary/aromatic N) is 2. The van der Waals surface area contributed by atoms with Gasteiger partial charge in [0.25, 0.3) is 0 Å². The second-order valence-corrected chi connectivity index (χ2v) is 8.74. The van der Waals surface area contributed by atoms with Gasteiger partial charge in [-0.3, -0.25) is 9.59 Å². The molecule has 2 aliphatic rings. The van der Waals surface area contributed by atoms with E-state index in [9.17, 15) is 9.59 Å². The fraction of sp³-hybridized carbons (Fsp3) is 0.364. The van der Waals surface area contributed by atoms with Gasteiger partial charge in [-0.05, 0) is 30.8 Å². The summed E-state index contributed by atoms with van der Waals surface area (Å²) in [6.45, 7) is 4.52. The molecule has 1 saturated heterocycles. The number of amides is 2. The summed E-state index contributed by atoms with van der Waals surface area (Å²) in [7, 11) is 2.14. The smallest absolute Gasteiger partial charge is 0.238 e. The van der Waals surface area contributed by atoms with Crippen LogP contribution in [0.1, 0.15) is 12.0 Å². The zero-order chi connectivity index (χ0) is 20.2. The lowest BCUT2D eigenvalue weighted by Gasteiger charge is -2.35. The lowest BCUT2D eigenvalue weighted by Crippen LogP contribution is -2.45. The normalized spacial score (nSPS) is 19.4. The van der Waals surface area contributed by atoms with Crippen molar-refractivity contribution in [3.05, 3.63) is 54.1 Å². The van der Waals surface area contributed by atoms with Crippen LogP contribution >= 0.6 is 11.8 Å². The Labute approximate surface area is 175 Å². The lowest BCUT2D eigenvalue weighted by atomic mass is 10.1. The van der Waals surface area contributed by atoms with E-state index in [0.717, 1.165) is 42.3 Å². The molecule has 0 saturated carbocycles. The molecule has 152 valence electrons. The number of hydrogen-bond acceptors (Lipinski definition) is 5. The summed E-state index contributed by atoms with van der Waals surface area (Å²) in [6, 6.07) is 15.9. The molecule has 2 aliphatic heterocycles. The average molecular weight is 411 g/mol. The van der Waals surface area contributed by atoms with E-state index in [-0.39, 0.29) is 18.2 Å². The minimum Gasteiger partial charge on any atom is -0.369 e. The Morgan fingerprint density at radius 3 is 2.66 bits per heavy atom. The molecular formula is C22H26N4O2S. The minimum atomic E-state index is -0.405. The molecule has 1 atom stereocenters. The first kappa shape index (κ1) is 19.8. The lowest BCUT2D eigenvalue weighted by molar-refractivity contribution is -0.124. The number of hydrogen-bond donors (Lipinski definition) is 2. The van der Waals surface area contributed by atoms with E-state index < -0.39 is 5.25 Å². The molecule has 0 aromatic heterocycles. The molecule has 29 heavy (non-hydrogen) atoms. The van der Waals surface area contributed by atoms with Crippen LogP contribution in [-0.2, 0) is 16.1 Å². The quantitative estimate of drug-likeness (QED) is 0.793. The van der Waals surface area contributed by atoms with Gasteiger partial charge in [0.15, 0.2) is 0 Å². The van der Waals surface area contributed by atoms with Gasteiger partial charge in [-0.1, -0.05) is 30.3 Å². The molecule has 7 heteroatoms. The van der Waals surface area contributed by atoms with Gasteiger partial charge in [-0.2, -0.15) is 0 Å². The number of thioether (sulfide) groups is 1. The van der Waals surface area contributed by atoms with Crippen LogP contribution in [0.3, 0.4) is 0 Å². The van der Waals surface area contributed by atoms with Crippen molar-refractivity contribution >= 4 is 35.0 Å². The van der Waals surface area contributed by atoms with Crippen LogP contribution in [-0.4, -0.2) is 55.2 Å². The maximum Gasteiger partial charge on any atom is 0.238 e. The molecule has 2 heterocycles. The highest BCUT2D eigenvalue weighted by atomic mass is 32.2. The Morgan fingerprint density at radius 1 is 1.10 bits per heavy atom. The van der Waals surface area contributed by atoms with Crippen molar-refractivity contribution in [3.8, 4) is 0 Å². The number of piperazine rings is 1. The van der Waals surface area contributed by atoms with Gasteiger partial charge in [0.1, 0.15) is 0 Å². The van der Waals surface area contributed by atoms with Gasteiger partial charge in [-0.25, -0.2) is 0 Å². The third kappa shape index (κ3) is 4.74. The first-order valence-electron chi connectivity index (χ1n) is 9.95. The number of carbonyl (C=O) groups excluding carboxylic acids is 2. The third-order valence-electron chi connectivity index (χ3n) is 5.39. The SMILES string of the molecule is CN1CCN(c2ccccc2CNC(=O)CC2Sc3ccccc3NC2=O)CC1. The maximum atomic E-state index is 12.5. The van der Waals surface area contributed by atoms with E-state index in [4.69, 9.17) is 0 Å². The number of likely N-dealkylation sites (N-methyl/N-ethyl adjacent to an activating group) is 1. The van der Waals surface area contributed by atoms with Crippen LogP contribution in [0, 0.1) is 0 Å². The number of rotatable bonds is 5. The van der Waals surface area contributed by atoms with E-state index in [2.05, 4.69) is 39.6 Å². The van der Waals surface area contributed by atoms with E-state index in [1.165, 1.54) is 17.4 Å². The first-order valence-corrected chi connectivity index (χ1v) is 10.8. The van der Waals surface area contributed by atoms with Crippen LogP contribution in [0.4, 0.5) is 11.4 Å². The second kappa shape index (κ2) is 8.88. The number of benzene rings is 2. The van der Waals surface area contributed by atoms with Crippen molar-refractivity contribution in [2.45, 2.75) is 23.1 Å². The predicted molar refractivity (Wildman–Crippen MR) is 117 cm³/mol. The summed E-state index contributed by atoms with van der Waals surface area (Å²) in [4.78, 5) is 30.6. The molecule has 0 spiro atoms. The molecular weight excluding hydrogens is 384 g/mol. The van der Waals surface area contributed by atoms with Crippen molar-refractivity contribution in [2.24, 2.45) is 0 Å². The number of carbonyl (C=O) groups is 2. The number of anilines is 2. The van der Waals surface area contributed by atoms with Crippen molar-refractivity contribution in [2.75, 3.05) is 43.4 Å². The van der Waals surface area contributed by atoms with E-state index in [0.29, 0.717) is 6.54 Å².